The van der Waals surface area contributed by atoms with Gasteiger partial charge in [-0.25, -0.2) is 4.79 Å². The van der Waals surface area contributed by atoms with Gasteiger partial charge in [-0.05, 0) is 30.5 Å². The Kier molecular flexibility index (Phi) is 3.65. The zero-order chi connectivity index (χ0) is 21.4. The van der Waals surface area contributed by atoms with Crippen LogP contribution in [-0.2, 0) is 19.9 Å². The Morgan fingerprint density at radius 3 is 2.55 bits per heavy atom. The minimum atomic E-state index is -0.903. The van der Waals surface area contributed by atoms with Gasteiger partial charge in [-0.15, -0.1) is 0 Å². The molecule has 0 bridgehead atoms. The fourth-order valence-electron chi connectivity index (χ4n) is 5.49. The van der Waals surface area contributed by atoms with Gasteiger partial charge < -0.3 is 24.6 Å². The van der Waals surface area contributed by atoms with Crippen LogP contribution >= 0.6 is 0 Å². The van der Waals surface area contributed by atoms with E-state index in [1.54, 1.807) is 0 Å². The number of ether oxygens (including phenoxy) is 2. The third-order valence-corrected chi connectivity index (χ3v) is 7.19. The van der Waals surface area contributed by atoms with Crippen molar-refractivity contribution in [2.75, 3.05) is 13.1 Å². The van der Waals surface area contributed by atoms with Crippen molar-refractivity contribution in [3.8, 4) is 11.5 Å². The van der Waals surface area contributed by atoms with Gasteiger partial charge in [0.25, 0.3) is 11.9 Å². The van der Waals surface area contributed by atoms with Crippen molar-refractivity contribution in [1.82, 2.24) is 4.90 Å². The van der Waals surface area contributed by atoms with E-state index in [0.29, 0.717) is 50.4 Å². The number of likely N-dealkylation sites (tertiary alicyclic amines) is 1. The molecule has 1 unspecified atom stereocenters. The summed E-state index contributed by atoms with van der Waals surface area (Å²) in [5.74, 6) is -1.34. The number of rotatable bonds is 0. The maximum atomic E-state index is 12.8. The standard InChI is InChI=1S/C23H22N2O6/c26-17-9-15-16(10-18(17)27)22(30-19(15)28)5-7-25(8-6-22)21-24-20(29)23(31-21)11-13-3-1-2-4-14(13)12-23/h1,3,9-10,26-27H,2,4-8,11-12H2. The van der Waals surface area contributed by atoms with Crippen molar-refractivity contribution in [2.45, 2.75) is 49.7 Å². The molecular weight excluding hydrogens is 400 g/mol. The summed E-state index contributed by atoms with van der Waals surface area (Å²) in [5, 5.41) is 19.7. The smallest absolute Gasteiger partial charge is 0.339 e. The molecule has 8 nitrogen and oxygen atoms in total. The molecule has 1 amide bonds. The molecule has 0 saturated carbocycles. The molecule has 3 aliphatic heterocycles. The number of hydrogen-bond acceptors (Lipinski definition) is 7. The van der Waals surface area contributed by atoms with E-state index >= 15 is 0 Å². The van der Waals surface area contributed by atoms with Gasteiger partial charge >= 0.3 is 5.97 Å². The summed E-state index contributed by atoms with van der Waals surface area (Å²) in [4.78, 5) is 31.3. The molecule has 6 rings (SSSR count). The summed E-state index contributed by atoms with van der Waals surface area (Å²) in [6.45, 7) is 0.979. The first-order valence-corrected chi connectivity index (χ1v) is 10.6. The van der Waals surface area contributed by atoms with Crippen molar-refractivity contribution in [1.29, 1.82) is 0 Å². The second-order valence-corrected chi connectivity index (χ2v) is 8.98. The molecule has 160 valence electrons. The van der Waals surface area contributed by atoms with Gasteiger partial charge in [-0.3, -0.25) is 4.79 Å². The molecule has 0 radical (unpaired) electrons. The number of piperidine rings is 1. The molecule has 1 aromatic rings. The largest absolute Gasteiger partial charge is 0.504 e. The van der Waals surface area contributed by atoms with E-state index in [4.69, 9.17) is 9.47 Å². The summed E-state index contributed by atoms with van der Waals surface area (Å²) < 4.78 is 11.9. The van der Waals surface area contributed by atoms with Gasteiger partial charge in [0.2, 0.25) is 5.60 Å². The fourth-order valence-corrected chi connectivity index (χ4v) is 5.49. The van der Waals surface area contributed by atoms with Crippen LogP contribution in [0.25, 0.3) is 0 Å². The highest BCUT2D eigenvalue weighted by Crippen LogP contribution is 2.49. The van der Waals surface area contributed by atoms with E-state index in [2.05, 4.69) is 17.1 Å². The van der Waals surface area contributed by atoms with E-state index < -0.39 is 17.2 Å². The van der Waals surface area contributed by atoms with Crippen LogP contribution < -0.4 is 0 Å². The average molecular weight is 422 g/mol. The number of nitrogens with zero attached hydrogens (tertiary/aromatic N) is 2. The number of amides is 1. The first kappa shape index (κ1) is 18.5. The van der Waals surface area contributed by atoms with Crippen molar-refractivity contribution >= 4 is 17.9 Å². The highest BCUT2D eigenvalue weighted by atomic mass is 16.6. The fraction of sp³-hybridized carbons (Fsp3) is 0.435. The number of esters is 1. The van der Waals surface area contributed by atoms with Gasteiger partial charge in [0.05, 0.1) is 5.56 Å². The van der Waals surface area contributed by atoms with Crippen LogP contribution in [0.5, 0.6) is 11.5 Å². The molecule has 2 N–H and O–H groups in total. The first-order valence-electron chi connectivity index (χ1n) is 10.6. The lowest BCUT2D eigenvalue weighted by Crippen LogP contribution is -2.47. The van der Waals surface area contributed by atoms with Crippen LogP contribution in [-0.4, -0.2) is 51.7 Å². The monoisotopic (exact) mass is 422 g/mol. The Morgan fingerprint density at radius 1 is 1.00 bits per heavy atom. The van der Waals surface area contributed by atoms with Gasteiger partial charge in [-0.1, -0.05) is 17.7 Å². The van der Waals surface area contributed by atoms with Crippen LogP contribution in [0.4, 0.5) is 0 Å². The van der Waals surface area contributed by atoms with E-state index in [9.17, 15) is 19.8 Å². The predicted octanol–water partition coefficient (Wildman–Crippen LogP) is 2.65. The zero-order valence-corrected chi connectivity index (χ0v) is 16.9. The Labute approximate surface area is 178 Å². The lowest BCUT2D eigenvalue weighted by Gasteiger charge is -2.39. The van der Waals surface area contributed by atoms with E-state index in [1.807, 2.05) is 4.90 Å². The number of allylic oxidation sites excluding steroid dienone is 2. The Bertz CT molecular complexity index is 1130. The molecule has 3 heterocycles. The second kappa shape index (κ2) is 6.12. The number of carbonyl (C=O) groups excluding carboxylic acids is 2. The SMILES string of the molecule is O=C1OC2(CCN(C3=NC(=O)C4(CC5=C(CCC=C5)C4)O3)CC2)c2cc(O)c(O)cc21. The molecule has 2 spiro atoms. The summed E-state index contributed by atoms with van der Waals surface area (Å²) in [5.41, 5.74) is 1.61. The van der Waals surface area contributed by atoms with Crippen molar-refractivity contribution < 1.29 is 29.3 Å². The molecule has 1 aromatic carbocycles. The van der Waals surface area contributed by atoms with Crippen molar-refractivity contribution in [3.63, 3.8) is 0 Å². The van der Waals surface area contributed by atoms with Crippen LogP contribution in [0.15, 0.2) is 40.4 Å². The third-order valence-electron chi connectivity index (χ3n) is 7.19. The predicted molar refractivity (Wildman–Crippen MR) is 109 cm³/mol. The second-order valence-electron chi connectivity index (χ2n) is 8.98. The number of hydrogen-bond donors (Lipinski definition) is 2. The first-order chi connectivity index (χ1) is 14.9. The normalized spacial score (nSPS) is 28.1. The van der Waals surface area contributed by atoms with E-state index in [1.165, 1.54) is 23.3 Å². The number of benzene rings is 1. The molecule has 2 aliphatic carbocycles. The molecule has 1 saturated heterocycles. The molecule has 5 aliphatic rings. The van der Waals surface area contributed by atoms with Gasteiger partial charge in [0.15, 0.2) is 11.5 Å². The molecule has 1 fully saturated rings. The quantitative estimate of drug-likeness (QED) is 0.489. The van der Waals surface area contributed by atoms with Crippen LogP contribution in [0, 0.1) is 0 Å². The van der Waals surface area contributed by atoms with Crippen LogP contribution in [0.3, 0.4) is 0 Å². The lowest BCUT2D eigenvalue weighted by molar-refractivity contribution is -0.130. The van der Waals surface area contributed by atoms with E-state index in [0.717, 1.165) is 12.8 Å². The summed E-state index contributed by atoms with van der Waals surface area (Å²) in [7, 11) is 0. The molecule has 8 heteroatoms. The van der Waals surface area contributed by atoms with Crippen LogP contribution in [0.2, 0.25) is 0 Å². The van der Waals surface area contributed by atoms with E-state index in [-0.39, 0.29) is 23.0 Å². The van der Waals surface area contributed by atoms with Crippen LogP contribution in [0.1, 0.15) is 54.4 Å². The maximum Gasteiger partial charge on any atom is 0.339 e. The minimum absolute atomic E-state index is 0.219. The lowest BCUT2D eigenvalue weighted by atomic mass is 9.83. The average Bonchev–Trinajstić information content (AvgIpc) is 3.36. The topological polar surface area (TPSA) is 109 Å². The Balaban J connectivity index is 1.19. The zero-order valence-electron chi connectivity index (χ0n) is 16.9. The summed E-state index contributed by atoms with van der Waals surface area (Å²) in [6, 6.07) is 3.02. The maximum absolute atomic E-state index is 12.8. The highest BCUT2D eigenvalue weighted by molar-refractivity contribution is 6.02. The number of aliphatic imine (C=N–C) groups is 1. The van der Waals surface area contributed by atoms with Gasteiger partial charge in [0.1, 0.15) is 5.60 Å². The minimum Gasteiger partial charge on any atom is -0.504 e. The molecule has 31 heavy (non-hydrogen) atoms. The van der Waals surface area contributed by atoms with Gasteiger partial charge in [0, 0.05) is 44.3 Å². The Morgan fingerprint density at radius 2 is 1.77 bits per heavy atom. The molecule has 1 atom stereocenters. The number of phenolic OH excluding ortho intramolecular Hbond substituents is 2. The molecule has 0 aromatic heterocycles. The summed E-state index contributed by atoms with van der Waals surface area (Å²) >= 11 is 0. The number of amidine groups is 1. The highest BCUT2D eigenvalue weighted by Gasteiger charge is 2.54. The Hall–Kier alpha value is -3.29. The number of phenols is 2. The third kappa shape index (κ3) is 2.57. The van der Waals surface area contributed by atoms with Gasteiger partial charge in [-0.2, -0.15) is 4.99 Å². The van der Waals surface area contributed by atoms with Crippen molar-refractivity contribution in [2.24, 2.45) is 4.99 Å². The number of fused-ring (bicyclic) bond motifs is 2. The molecular formula is C23H22N2O6. The number of aromatic hydroxyl groups is 2. The van der Waals surface area contributed by atoms with Crippen molar-refractivity contribution in [3.05, 3.63) is 46.6 Å². The summed E-state index contributed by atoms with van der Waals surface area (Å²) in [6.07, 6.45) is 8.32. The number of carbonyl (C=O) groups is 2.